The standard InChI is InChI=1S/C21H20BrClN2O3/c22-17-8-11-19(28-21(27)15-6-9-18(23)10-7-15)16(12-17)13-24-25-20(26)14-4-2-1-3-5-14/h6-14H,1-5H2,(H,25,26)/b24-13-. The molecule has 1 N–H and O–H groups in total. The number of halogens is 2. The smallest absolute Gasteiger partial charge is 0.343 e. The number of rotatable bonds is 5. The highest BCUT2D eigenvalue weighted by Crippen LogP contribution is 2.24. The summed E-state index contributed by atoms with van der Waals surface area (Å²) in [4.78, 5) is 24.6. The average molecular weight is 464 g/mol. The van der Waals surface area contributed by atoms with Gasteiger partial charge in [0.1, 0.15) is 5.75 Å². The number of nitrogens with one attached hydrogen (secondary N) is 1. The fourth-order valence-electron chi connectivity index (χ4n) is 3.08. The van der Waals surface area contributed by atoms with Gasteiger partial charge in [-0.3, -0.25) is 4.79 Å². The Kier molecular flexibility index (Phi) is 7.23. The Labute approximate surface area is 177 Å². The molecule has 0 atom stereocenters. The van der Waals surface area contributed by atoms with Crippen LogP contribution in [0.2, 0.25) is 5.02 Å². The molecule has 1 fully saturated rings. The summed E-state index contributed by atoms with van der Waals surface area (Å²) in [5.41, 5.74) is 3.56. The van der Waals surface area contributed by atoms with Gasteiger partial charge in [0.15, 0.2) is 0 Å². The van der Waals surface area contributed by atoms with Gasteiger partial charge in [-0.15, -0.1) is 0 Å². The van der Waals surface area contributed by atoms with Crippen molar-refractivity contribution in [1.82, 2.24) is 5.43 Å². The Morgan fingerprint density at radius 2 is 1.82 bits per heavy atom. The van der Waals surface area contributed by atoms with Gasteiger partial charge in [-0.25, -0.2) is 10.2 Å². The molecule has 0 radical (unpaired) electrons. The SMILES string of the molecule is O=C(Oc1ccc(Br)cc1/C=N\NC(=O)C1CCCCC1)c1ccc(Cl)cc1. The van der Waals surface area contributed by atoms with E-state index in [2.05, 4.69) is 26.5 Å². The molecule has 2 aromatic carbocycles. The Hall–Kier alpha value is -2.18. The zero-order valence-electron chi connectivity index (χ0n) is 15.2. The van der Waals surface area contributed by atoms with E-state index in [9.17, 15) is 9.59 Å². The lowest BCUT2D eigenvalue weighted by Gasteiger charge is -2.19. The number of amides is 1. The van der Waals surface area contributed by atoms with Crippen LogP contribution in [-0.4, -0.2) is 18.1 Å². The van der Waals surface area contributed by atoms with Crippen LogP contribution in [0.1, 0.15) is 48.0 Å². The number of carbonyl (C=O) groups is 2. The zero-order chi connectivity index (χ0) is 19.9. The van der Waals surface area contributed by atoms with Crippen LogP contribution >= 0.6 is 27.5 Å². The Morgan fingerprint density at radius 3 is 2.54 bits per heavy atom. The summed E-state index contributed by atoms with van der Waals surface area (Å²) in [7, 11) is 0. The third kappa shape index (κ3) is 5.66. The molecule has 146 valence electrons. The van der Waals surface area contributed by atoms with Gasteiger partial charge in [0.2, 0.25) is 5.91 Å². The number of hydrogen-bond donors (Lipinski definition) is 1. The summed E-state index contributed by atoms with van der Waals surface area (Å²) >= 11 is 9.24. The van der Waals surface area contributed by atoms with Gasteiger partial charge in [-0.2, -0.15) is 5.10 Å². The largest absolute Gasteiger partial charge is 0.422 e. The average Bonchev–Trinajstić information content (AvgIpc) is 2.71. The molecule has 0 spiro atoms. The molecule has 0 aromatic heterocycles. The molecule has 5 nitrogen and oxygen atoms in total. The molecule has 7 heteroatoms. The van der Waals surface area contributed by atoms with Crippen molar-refractivity contribution in [3.05, 3.63) is 63.1 Å². The second kappa shape index (κ2) is 9.85. The van der Waals surface area contributed by atoms with Crippen LogP contribution in [0.15, 0.2) is 52.0 Å². The summed E-state index contributed by atoms with van der Waals surface area (Å²) in [6.07, 6.45) is 6.64. The molecule has 1 aliphatic carbocycles. The van der Waals surface area contributed by atoms with Crippen molar-refractivity contribution in [2.24, 2.45) is 11.0 Å². The van der Waals surface area contributed by atoms with Crippen LogP contribution in [-0.2, 0) is 4.79 Å². The van der Waals surface area contributed by atoms with E-state index in [1.54, 1.807) is 42.5 Å². The molecule has 2 aromatic rings. The molecule has 0 bridgehead atoms. The molecule has 28 heavy (non-hydrogen) atoms. The van der Waals surface area contributed by atoms with Gasteiger partial charge in [0.25, 0.3) is 0 Å². The summed E-state index contributed by atoms with van der Waals surface area (Å²) < 4.78 is 6.30. The second-order valence-corrected chi connectivity index (χ2v) is 8.00. The molecule has 0 saturated heterocycles. The van der Waals surface area contributed by atoms with E-state index < -0.39 is 5.97 Å². The zero-order valence-corrected chi connectivity index (χ0v) is 17.5. The maximum Gasteiger partial charge on any atom is 0.343 e. The first-order valence-corrected chi connectivity index (χ1v) is 10.3. The van der Waals surface area contributed by atoms with Gasteiger partial charge in [-0.05, 0) is 55.3 Å². The summed E-state index contributed by atoms with van der Waals surface area (Å²) in [6.45, 7) is 0. The molecule has 1 amide bonds. The first kappa shape index (κ1) is 20.6. The quantitative estimate of drug-likeness (QED) is 0.281. The fourth-order valence-corrected chi connectivity index (χ4v) is 3.58. The van der Waals surface area contributed by atoms with E-state index in [0.29, 0.717) is 21.9 Å². The van der Waals surface area contributed by atoms with Crippen molar-refractivity contribution in [1.29, 1.82) is 0 Å². The number of benzene rings is 2. The lowest BCUT2D eigenvalue weighted by Crippen LogP contribution is -2.28. The molecule has 1 saturated carbocycles. The van der Waals surface area contributed by atoms with Gasteiger partial charge in [0, 0.05) is 21.0 Å². The van der Waals surface area contributed by atoms with Gasteiger partial charge in [0.05, 0.1) is 11.8 Å². The molecule has 1 aliphatic rings. The van der Waals surface area contributed by atoms with Crippen molar-refractivity contribution in [3.63, 3.8) is 0 Å². The van der Waals surface area contributed by atoms with E-state index in [1.165, 1.54) is 12.6 Å². The third-order valence-electron chi connectivity index (χ3n) is 4.61. The Bertz CT molecular complexity index is 878. The normalized spacial score (nSPS) is 14.8. The predicted molar refractivity (Wildman–Crippen MR) is 113 cm³/mol. The summed E-state index contributed by atoms with van der Waals surface area (Å²) in [5, 5.41) is 4.60. The number of ether oxygens (including phenoxy) is 1. The lowest BCUT2D eigenvalue weighted by molar-refractivity contribution is -0.125. The maximum absolute atomic E-state index is 12.4. The second-order valence-electron chi connectivity index (χ2n) is 6.65. The van der Waals surface area contributed by atoms with Crippen LogP contribution in [0.5, 0.6) is 5.75 Å². The van der Waals surface area contributed by atoms with E-state index in [-0.39, 0.29) is 11.8 Å². The van der Waals surface area contributed by atoms with Crippen molar-refractivity contribution < 1.29 is 14.3 Å². The molecular weight excluding hydrogens is 444 g/mol. The van der Waals surface area contributed by atoms with E-state index in [4.69, 9.17) is 16.3 Å². The Balaban J connectivity index is 1.68. The highest BCUT2D eigenvalue weighted by molar-refractivity contribution is 9.10. The van der Waals surface area contributed by atoms with Crippen molar-refractivity contribution in [2.45, 2.75) is 32.1 Å². The minimum absolute atomic E-state index is 0.0237. The van der Waals surface area contributed by atoms with Crippen molar-refractivity contribution >= 4 is 45.6 Å². The number of esters is 1. The van der Waals surface area contributed by atoms with Crippen molar-refractivity contribution in [3.8, 4) is 5.75 Å². The van der Waals surface area contributed by atoms with Crippen LogP contribution < -0.4 is 10.2 Å². The van der Waals surface area contributed by atoms with Crippen LogP contribution in [0.3, 0.4) is 0 Å². The number of hydrogen-bond acceptors (Lipinski definition) is 4. The third-order valence-corrected chi connectivity index (χ3v) is 5.35. The summed E-state index contributed by atoms with van der Waals surface area (Å²) in [6, 6.07) is 11.7. The first-order valence-electron chi connectivity index (χ1n) is 9.13. The Morgan fingerprint density at radius 1 is 1.11 bits per heavy atom. The molecule has 3 rings (SSSR count). The molecule has 0 heterocycles. The van der Waals surface area contributed by atoms with Gasteiger partial charge < -0.3 is 4.74 Å². The summed E-state index contributed by atoms with van der Waals surface area (Å²) in [5.74, 6) is -0.194. The number of hydrazone groups is 1. The monoisotopic (exact) mass is 462 g/mol. The topological polar surface area (TPSA) is 67.8 Å². The number of carbonyl (C=O) groups excluding carboxylic acids is 2. The first-order chi connectivity index (χ1) is 13.5. The maximum atomic E-state index is 12.4. The van der Waals surface area contributed by atoms with Gasteiger partial charge >= 0.3 is 5.97 Å². The van der Waals surface area contributed by atoms with Crippen LogP contribution in [0.4, 0.5) is 0 Å². The van der Waals surface area contributed by atoms with E-state index in [0.717, 1.165) is 30.2 Å². The van der Waals surface area contributed by atoms with Crippen LogP contribution in [0.25, 0.3) is 0 Å². The van der Waals surface area contributed by atoms with Crippen molar-refractivity contribution in [2.75, 3.05) is 0 Å². The number of nitrogens with zero attached hydrogens (tertiary/aromatic N) is 1. The van der Waals surface area contributed by atoms with E-state index >= 15 is 0 Å². The van der Waals surface area contributed by atoms with E-state index in [1.807, 2.05) is 0 Å². The minimum atomic E-state index is -0.500. The molecule has 0 unspecified atom stereocenters. The van der Waals surface area contributed by atoms with Crippen LogP contribution in [0, 0.1) is 5.92 Å². The van der Waals surface area contributed by atoms with Gasteiger partial charge in [-0.1, -0.05) is 46.8 Å². The highest BCUT2D eigenvalue weighted by Gasteiger charge is 2.20. The minimum Gasteiger partial charge on any atom is -0.422 e. The predicted octanol–water partition coefficient (Wildman–Crippen LogP) is 5.35. The molecular formula is C21H20BrClN2O3. The lowest BCUT2D eigenvalue weighted by atomic mass is 9.89. The highest BCUT2D eigenvalue weighted by atomic mass is 79.9. The fraction of sp³-hybridized carbons (Fsp3) is 0.286. The molecule has 0 aliphatic heterocycles.